The molecule has 1 aliphatic rings. The van der Waals surface area contributed by atoms with E-state index in [2.05, 4.69) is 5.32 Å². The van der Waals surface area contributed by atoms with Crippen LogP contribution in [-0.2, 0) is 32.6 Å². The van der Waals surface area contributed by atoms with Gasteiger partial charge in [0.1, 0.15) is 6.04 Å². The van der Waals surface area contributed by atoms with Crippen molar-refractivity contribution in [3.8, 4) is 0 Å². The molecule has 3 aromatic carbocycles. The Bertz CT molecular complexity index is 1510. The average molecular weight is 679 g/mol. The summed E-state index contributed by atoms with van der Waals surface area (Å²) in [4.78, 5) is 29.6. The van der Waals surface area contributed by atoms with Crippen LogP contribution in [0.25, 0.3) is 0 Å². The number of carbonyl (C=O) groups is 2. The van der Waals surface area contributed by atoms with Gasteiger partial charge in [0.05, 0.1) is 22.0 Å². The van der Waals surface area contributed by atoms with Crippen LogP contribution in [0.5, 0.6) is 0 Å². The minimum absolute atomic E-state index is 0.0307. The molecule has 44 heavy (non-hydrogen) atoms. The predicted molar refractivity (Wildman–Crippen MR) is 179 cm³/mol. The Balaban J connectivity index is 1.60. The minimum atomic E-state index is -3.62. The topological polar surface area (TPSA) is 86.8 Å². The summed E-state index contributed by atoms with van der Waals surface area (Å²) in [6, 6.07) is 20.6. The second-order valence-corrected chi connectivity index (χ2v) is 14.4. The SMILES string of the molecule is CS(=O)(=O)N(CCCC(=O)N(Cc1ccc(Cl)c(Cl)c1)[C@H](Cc1ccccc1)C(=O)NC1CCCCC1)c1ccc(Cl)cc1. The third-order valence-electron chi connectivity index (χ3n) is 7.83. The summed E-state index contributed by atoms with van der Waals surface area (Å²) in [5, 5.41) is 4.47. The van der Waals surface area contributed by atoms with Gasteiger partial charge < -0.3 is 10.2 Å². The highest BCUT2D eigenvalue weighted by atomic mass is 35.5. The molecule has 3 aromatic rings. The van der Waals surface area contributed by atoms with Gasteiger partial charge in [-0.05, 0) is 66.8 Å². The summed E-state index contributed by atoms with van der Waals surface area (Å²) >= 11 is 18.5. The lowest BCUT2D eigenvalue weighted by molar-refractivity contribution is -0.141. The van der Waals surface area contributed by atoms with E-state index in [1.165, 1.54) is 4.31 Å². The van der Waals surface area contributed by atoms with Crippen LogP contribution in [0.1, 0.15) is 56.1 Å². The van der Waals surface area contributed by atoms with Gasteiger partial charge in [0.2, 0.25) is 21.8 Å². The first-order chi connectivity index (χ1) is 21.0. The number of sulfonamides is 1. The third kappa shape index (κ3) is 9.86. The molecule has 1 N–H and O–H groups in total. The number of hydrogen-bond acceptors (Lipinski definition) is 4. The van der Waals surface area contributed by atoms with E-state index in [1.807, 2.05) is 30.3 Å². The first-order valence-electron chi connectivity index (χ1n) is 14.8. The van der Waals surface area contributed by atoms with Crippen molar-refractivity contribution in [1.29, 1.82) is 0 Å². The van der Waals surface area contributed by atoms with Crippen LogP contribution in [-0.4, -0.2) is 50.0 Å². The summed E-state index contributed by atoms with van der Waals surface area (Å²) < 4.78 is 26.5. The van der Waals surface area contributed by atoms with Crippen LogP contribution in [0.2, 0.25) is 15.1 Å². The zero-order valence-electron chi connectivity index (χ0n) is 24.7. The normalized spacial score (nSPS) is 14.5. The van der Waals surface area contributed by atoms with E-state index < -0.39 is 16.1 Å². The van der Waals surface area contributed by atoms with Crippen molar-refractivity contribution in [2.24, 2.45) is 0 Å². The highest BCUT2D eigenvalue weighted by Gasteiger charge is 2.32. The van der Waals surface area contributed by atoms with Crippen molar-refractivity contribution in [1.82, 2.24) is 10.2 Å². The van der Waals surface area contributed by atoms with E-state index in [9.17, 15) is 18.0 Å². The van der Waals surface area contributed by atoms with Gasteiger partial charge in [-0.25, -0.2) is 8.42 Å². The van der Waals surface area contributed by atoms with Crippen molar-refractivity contribution in [3.63, 3.8) is 0 Å². The molecule has 0 saturated heterocycles. The summed E-state index contributed by atoms with van der Waals surface area (Å²) in [5.74, 6) is -0.464. The molecule has 0 unspecified atom stereocenters. The molecule has 0 spiro atoms. The fourth-order valence-electron chi connectivity index (χ4n) is 5.54. The minimum Gasteiger partial charge on any atom is -0.352 e. The van der Waals surface area contributed by atoms with Gasteiger partial charge >= 0.3 is 0 Å². The maximum atomic E-state index is 14.0. The predicted octanol–water partition coefficient (Wildman–Crippen LogP) is 7.28. The molecule has 4 rings (SSSR count). The summed E-state index contributed by atoms with van der Waals surface area (Å²) in [7, 11) is -3.62. The lowest BCUT2D eigenvalue weighted by Crippen LogP contribution is -2.52. The molecule has 236 valence electrons. The number of nitrogens with one attached hydrogen (secondary N) is 1. The number of rotatable bonds is 13. The van der Waals surface area contributed by atoms with E-state index in [1.54, 1.807) is 47.4 Å². The van der Waals surface area contributed by atoms with Gasteiger partial charge in [-0.15, -0.1) is 0 Å². The number of benzene rings is 3. The van der Waals surface area contributed by atoms with E-state index >= 15 is 0 Å². The standard InChI is InChI=1S/C33H38Cl3N3O4S/c1-44(42,43)39(28-17-15-26(34)16-18-28)20-8-13-32(40)38(23-25-14-19-29(35)30(36)21-25)31(22-24-9-4-2-5-10-24)33(41)37-27-11-6-3-7-12-27/h2,4-5,9-10,14-19,21,27,31H,3,6-8,11-13,20,22-23H2,1H3,(H,37,41)/t31-/m1/s1. The van der Waals surface area contributed by atoms with Gasteiger partial charge in [-0.2, -0.15) is 0 Å². The Kier molecular flexibility index (Phi) is 12.4. The molecule has 0 aromatic heterocycles. The number of anilines is 1. The van der Waals surface area contributed by atoms with Gasteiger partial charge in [0.15, 0.2) is 0 Å². The number of nitrogens with zero attached hydrogens (tertiary/aromatic N) is 2. The molecular weight excluding hydrogens is 641 g/mol. The zero-order valence-corrected chi connectivity index (χ0v) is 27.8. The average Bonchev–Trinajstić information content (AvgIpc) is 3.00. The van der Waals surface area contributed by atoms with Crippen LogP contribution < -0.4 is 9.62 Å². The molecule has 1 aliphatic carbocycles. The second-order valence-electron chi connectivity index (χ2n) is 11.2. The highest BCUT2D eigenvalue weighted by Crippen LogP contribution is 2.26. The molecule has 2 amide bonds. The Labute approximate surface area is 275 Å². The van der Waals surface area contributed by atoms with Gasteiger partial charge in [-0.3, -0.25) is 13.9 Å². The first kappa shape index (κ1) is 34.1. The van der Waals surface area contributed by atoms with Crippen molar-refractivity contribution >= 4 is 62.3 Å². The van der Waals surface area contributed by atoms with E-state index in [0.29, 0.717) is 27.2 Å². The number of hydrogen-bond donors (Lipinski definition) is 1. The highest BCUT2D eigenvalue weighted by molar-refractivity contribution is 7.92. The van der Waals surface area contributed by atoms with Crippen LogP contribution in [0.3, 0.4) is 0 Å². The number of carbonyl (C=O) groups excluding carboxylic acids is 2. The van der Waals surface area contributed by atoms with Crippen molar-refractivity contribution in [2.45, 2.75) is 70.0 Å². The maximum Gasteiger partial charge on any atom is 0.243 e. The molecular formula is C33H38Cl3N3O4S. The van der Waals surface area contributed by atoms with Gasteiger partial charge in [-0.1, -0.05) is 90.5 Å². The number of amides is 2. The van der Waals surface area contributed by atoms with Crippen molar-refractivity contribution in [2.75, 3.05) is 17.1 Å². The molecule has 0 aliphatic heterocycles. The fourth-order valence-corrected chi connectivity index (χ4v) is 6.96. The van der Waals surface area contributed by atoms with Crippen molar-refractivity contribution in [3.05, 3.63) is 99.0 Å². The lowest BCUT2D eigenvalue weighted by atomic mass is 9.94. The Morgan fingerprint density at radius 1 is 0.886 bits per heavy atom. The molecule has 0 heterocycles. The molecule has 7 nitrogen and oxygen atoms in total. The largest absolute Gasteiger partial charge is 0.352 e. The van der Waals surface area contributed by atoms with Crippen molar-refractivity contribution < 1.29 is 18.0 Å². The molecule has 0 bridgehead atoms. The lowest BCUT2D eigenvalue weighted by Gasteiger charge is -2.34. The fraction of sp³-hybridized carbons (Fsp3) is 0.394. The molecule has 1 fully saturated rings. The monoisotopic (exact) mass is 677 g/mol. The van der Waals surface area contributed by atoms with Crippen LogP contribution in [0.4, 0.5) is 5.69 Å². The Morgan fingerprint density at radius 3 is 2.20 bits per heavy atom. The Morgan fingerprint density at radius 2 is 1.57 bits per heavy atom. The smallest absolute Gasteiger partial charge is 0.243 e. The zero-order chi connectivity index (χ0) is 31.7. The van der Waals surface area contributed by atoms with Crippen LogP contribution in [0.15, 0.2) is 72.8 Å². The third-order valence-corrected chi connectivity index (χ3v) is 10.0. The first-order valence-corrected chi connectivity index (χ1v) is 17.8. The quantitative estimate of drug-likeness (QED) is 0.206. The summed E-state index contributed by atoms with van der Waals surface area (Å²) in [5.41, 5.74) is 2.12. The van der Waals surface area contributed by atoms with E-state index in [4.69, 9.17) is 34.8 Å². The number of halogens is 3. The molecule has 0 radical (unpaired) electrons. The maximum absolute atomic E-state index is 14.0. The molecule has 1 atom stereocenters. The van der Waals surface area contributed by atoms with Gasteiger partial charge in [0, 0.05) is 37.0 Å². The summed E-state index contributed by atoms with van der Waals surface area (Å²) in [6.45, 7) is 0.225. The Hall–Kier alpha value is -2.78. The van der Waals surface area contributed by atoms with E-state index in [0.717, 1.165) is 49.5 Å². The van der Waals surface area contributed by atoms with Gasteiger partial charge in [0.25, 0.3) is 0 Å². The van der Waals surface area contributed by atoms with Crippen LogP contribution >= 0.6 is 34.8 Å². The van der Waals surface area contributed by atoms with E-state index in [-0.39, 0.29) is 43.8 Å². The second kappa shape index (κ2) is 16.0. The van der Waals surface area contributed by atoms with Crippen LogP contribution in [0, 0.1) is 0 Å². The summed E-state index contributed by atoms with van der Waals surface area (Å²) in [6.07, 6.45) is 6.83. The molecule has 11 heteroatoms. The molecule has 1 saturated carbocycles.